The fourth-order valence-corrected chi connectivity index (χ4v) is 3.85. The molecule has 1 heterocycles. The van der Waals surface area contributed by atoms with Crippen molar-refractivity contribution in [3.63, 3.8) is 0 Å². The minimum atomic E-state index is 0.659. The van der Waals surface area contributed by atoms with Crippen LogP contribution in [0.4, 0.5) is 5.69 Å². The number of rotatable bonds is 9. The van der Waals surface area contributed by atoms with E-state index in [4.69, 9.17) is 38.0 Å². The van der Waals surface area contributed by atoms with Gasteiger partial charge in [0.05, 0.1) is 27.4 Å². The molecule has 1 aliphatic heterocycles. The quantitative estimate of drug-likeness (QED) is 0.557. The number of ether oxygens (including phenoxy) is 3. The van der Waals surface area contributed by atoms with E-state index in [1.54, 1.807) is 14.2 Å². The molecular formula is C23H30ClN3O3S. The van der Waals surface area contributed by atoms with Crippen LogP contribution in [-0.4, -0.2) is 68.5 Å². The summed E-state index contributed by atoms with van der Waals surface area (Å²) >= 11 is 11.8. The largest absolute Gasteiger partial charge is 0.497 e. The molecule has 8 heteroatoms. The van der Waals surface area contributed by atoms with Gasteiger partial charge in [0.2, 0.25) is 0 Å². The van der Waals surface area contributed by atoms with Crippen LogP contribution in [0, 0.1) is 0 Å². The van der Waals surface area contributed by atoms with E-state index in [1.165, 1.54) is 0 Å². The first-order valence-electron chi connectivity index (χ1n) is 10.4. The van der Waals surface area contributed by atoms with Gasteiger partial charge in [-0.05, 0) is 36.3 Å². The number of hydrogen-bond donors (Lipinski definition) is 1. The molecule has 0 aromatic heterocycles. The predicted octanol–water partition coefficient (Wildman–Crippen LogP) is 4.28. The lowest BCUT2D eigenvalue weighted by molar-refractivity contribution is 0.0368. The van der Waals surface area contributed by atoms with Crippen LogP contribution in [0.5, 0.6) is 11.5 Å². The van der Waals surface area contributed by atoms with Gasteiger partial charge in [-0.1, -0.05) is 23.7 Å². The van der Waals surface area contributed by atoms with Crippen molar-refractivity contribution < 1.29 is 14.2 Å². The summed E-state index contributed by atoms with van der Waals surface area (Å²) < 4.78 is 16.2. The standard InChI is InChI=1S/C23H30ClN3O3S/c1-28-21-14-20(15-22(16-21)29-2)25-23(31)27(17-18-4-6-19(24)7-5-18)9-3-8-26-10-12-30-13-11-26/h4-7,14-16H,3,8-13,17H2,1-2H3,(H,25,31). The Kier molecular flexibility index (Phi) is 9.21. The summed E-state index contributed by atoms with van der Waals surface area (Å²) in [5, 5.41) is 4.74. The molecule has 1 fully saturated rings. The number of halogens is 1. The van der Waals surface area contributed by atoms with Crippen LogP contribution >= 0.6 is 23.8 Å². The molecule has 1 aliphatic rings. The van der Waals surface area contributed by atoms with Gasteiger partial charge in [0.15, 0.2) is 5.11 Å². The zero-order valence-electron chi connectivity index (χ0n) is 18.1. The fraction of sp³-hybridized carbons (Fsp3) is 0.435. The van der Waals surface area contributed by atoms with Crippen LogP contribution in [0.2, 0.25) is 5.02 Å². The Morgan fingerprint density at radius 2 is 1.74 bits per heavy atom. The van der Waals surface area contributed by atoms with Crippen LogP contribution in [0.1, 0.15) is 12.0 Å². The third-order valence-electron chi connectivity index (χ3n) is 5.18. The molecule has 1 saturated heterocycles. The fourth-order valence-electron chi connectivity index (χ4n) is 3.45. The molecule has 2 aromatic carbocycles. The number of hydrogen-bond acceptors (Lipinski definition) is 5. The molecular weight excluding hydrogens is 434 g/mol. The molecule has 0 unspecified atom stereocenters. The SMILES string of the molecule is COc1cc(NC(=S)N(CCCN2CCOCC2)Cc2ccc(Cl)cc2)cc(OC)c1. The smallest absolute Gasteiger partial charge is 0.173 e. The maximum atomic E-state index is 6.05. The zero-order chi connectivity index (χ0) is 22.1. The lowest BCUT2D eigenvalue weighted by Gasteiger charge is -2.30. The van der Waals surface area contributed by atoms with Gasteiger partial charge in [-0.3, -0.25) is 4.90 Å². The first-order valence-corrected chi connectivity index (χ1v) is 11.2. The third-order valence-corrected chi connectivity index (χ3v) is 5.79. The highest BCUT2D eigenvalue weighted by Gasteiger charge is 2.15. The summed E-state index contributed by atoms with van der Waals surface area (Å²) in [6.07, 6.45) is 1.01. The average molecular weight is 464 g/mol. The van der Waals surface area contributed by atoms with Crippen molar-refractivity contribution in [2.75, 3.05) is 58.9 Å². The highest BCUT2D eigenvalue weighted by molar-refractivity contribution is 7.80. The van der Waals surface area contributed by atoms with Crippen molar-refractivity contribution in [2.45, 2.75) is 13.0 Å². The van der Waals surface area contributed by atoms with Crippen molar-refractivity contribution in [3.8, 4) is 11.5 Å². The number of thiocarbonyl (C=S) groups is 1. The van der Waals surface area contributed by atoms with E-state index in [0.717, 1.165) is 62.1 Å². The molecule has 2 aromatic rings. The van der Waals surface area contributed by atoms with Crippen molar-refractivity contribution in [3.05, 3.63) is 53.1 Å². The van der Waals surface area contributed by atoms with Gasteiger partial charge in [0.1, 0.15) is 11.5 Å². The third kappa shape index (κ3) is 7.54. The molecule has 0 radical (unpaired) electrons. The van der Waals surface area contributed by atoms with Crippen LogP contribution in [0.15, 0.2) is 42.5 Å². The molecule has 31 heavy (non-hydrogen) atoms. The number of benzene rings is 2. The van der Waals surface area contributed by atoms with Crippen molar-refractivity contribution in [2.24, 2.45) is 0 Å². The van der Waals surface area contributed by atoms with Gasteiger partial charge in [-0.15, -0.1) is 0 Å². The molecule has 3 rings (SSSR count). The van der Waals surface area contributed by atoms with Gasteiger partial charge in [-0.25, -0.2) is 0 Å². The topological polar surface area (TPSA) is 46.2 Å². The van der Waals surface area contributed by atoms with Crippen molar-refractivity contribution >= 4 is 34.6 Å². The minimum Gasteiger partial charge on any atom is -0.497 e. The minimum absolute atomic E-state index is 0.659. The number of methoxy groups -OCH3 is 2. The summed E-state index contributed by atoms with van der Waals surface area (Å²) in [6.45, 7) is 6.17. The van der Waals surface area contributed by atoms with E-state index in [2.05, 4.69) is 15.1 Å². The normalized spacial score (nSPS) is 14.2. The van der Waals surface area contributed by atoms with Crippen LogP contribution in [0.3, 0.4) is 0 Å². The number of morpholine rings is 1. The van der Waals surface area contributed by atoms with E-state index in [0.29, 0.717) is 23.2 Å². The lowest BCUT2D eigenvalue weighted by atomic mass is 10.2. The molecule has 0 spiro atoms. The van der Waals surface area contributed by atoms with E-state index < -0.39 is 0 Å². The molecule has 6 nitrogen and oxygen atoms in total. The van der Waals surface area contributed by atoms with E-state index in [9.17, 15) is 0 Å². The second-order valence-corrected chi connectivity index (χ2v) is 8.21. The Bertz CT molecular complexity index is 822. The first kappa shape index (κ1) is 23.6. The summed E-state index contributed by atoms with van der Waals surface area (Å²) in [7, 11) is 3.27. The van der Waals surface area contributed by atoms with Crippen LogP contribution < -0.4 is 14.8 Å². The highest BCUT2D eigenvalue weighted by atomic mass is 35.5. The highest BCUT2D eigenvalue weighted by Crippen LogP contribution is 2.26. The Hall–Kier alpha value is -2.06. The van der Waals surface area contributed by atoms with E-state index >= 15 is 0 Å². The van der Waals surface area contributed by atoms with Crippen LogP contribution in [0.25, 0.3) is 0 Å². The van der Waals surface area contributed by atoms with E-state index in [1.807, 2.05) is 42.5 Å². The number of anilines is 1. The van der Waals surface area contributed by atoms with Crippen LogP contribution in [-0.2, 0) is 11.3 Å². The van der Waals surface area contributed by atoms with Gasteiger partial charge >= 0.3 is 0 Å². The van der Waals surface area contributed by atoms with Gasteiger partial charge in [0.25, 0.3) is 0 Å². The lowest BCUT2D eigenvalue weighted by Crippen LogP contribution is -2.40. The average Bonchev–Trinajstić information content (AvgIpc) is 2.80. The molecule has 0 saturated carbocycles. The predicted molar refractivity (Wildman–Crippen MR) is 130 cm³/mol. The first-order chi connectivity index (χ1) is 15.1. The number of nitrogens with one attached hydrogen (secondary N) is 1. The molecule has 0 bridgehead atoms. The van der Waals surface area contributed by atoms with Gasteiger partial charge < -0.3 is 24.4 Å². The Balaban J connectivity index is 1.67. The number of nitrogens with zero attached hydrogens (tertiary/aromatic N) is 2. The zero-order valence-corrected chi connectivity index (χ0v) is 19.7. The summed E-state index contributed by atoms with van der Waals surface area (Å²) in [5.74, 6) is 1.42. The second-order valence-electron chi connectivity index (χ2n) is 7.39. The van der Waals surface area contributed by atoms with Gasteiger partial charge in [0, 0.05) is 61.6 Å². The van der Waals surface area contributed by atoms with Crippen molar-refractivity contribution in [1.29, 1.82) is 0 Å². The second kappa shape index (κ2) is 12.1. The molecule has 0 amide bonds. The maximum Gasteiger partial charge on any atom is 0.173 e. The summed E-state index contributed by atoms with van der Waals surface area (Å²) in [4.78, 5) is 4.62. The Labute approximate surface area is 195 Å². The van der Waals surface area contributed by atoms with E-state index in [-0.39, 0.29) is 0 Å². The molecule has 0 atom stereocenters. The Morgan fingerprint density at radius 1 is 1.10 bits per heavy atom. The summed E-state index contributed by atoms with van der Waals surface area (Å²) in [6, 6.07) is 13.5. The maximum absolute atomic E-state index is 6.05. The summed E-state index contributed by atoms with van der Waals surface area (Å²) in [5.41, 5.74) is 1.98. The van der Waals surface area contributed by atoms with Gasteiger partial charge in [-0.2, -0.15) is 0 Å². The molecule has 1 N–H and O–H groups in total. The monoisotopic (exact) mass is 463 g/mol. The van der Waals surface area contributed by atoms with Crippen molar-refractivity contribution in [1.82, 2.24) is 9.80 Å². The molecule has 168 valence electrons. The molecule has 0 aliphatic carbocycles. The Morgan fingerprint density at radius 3 is 2.35 bits per heavy atom.